The van der Waals surface area contributed by atoms with Gasteiger partial charge in [0.1, 0.15) is 5.41 Å². The number of carbonyl (C=O) groups excluding carboxylic acids is 3. The number of hydrogen-bond acceptors (Lipinski definition) is 6. The lowest BCUT2D eigenvalue weighted by molar-refractivity contribution is -0.127. The molecule has 0 saturated carbocycles. The molecule has 1 saturated heterocycles. The first kappa shape index (κ1) is 25.1. The van der Waals surface area contributed by atoms with E-state index in [0.29, 0.717) is 28.2 Å². The molecule has 1 spiro atoms. The van der Waals surface area contributed by atoms with Crippen molar-refractivity contribution < 1.29 is 23.9 Å². The van der Waals surface area contributed by atoms with Crippen LogP contribution in [0.2, 0.25) is 0 Å². The van der Waals surface area contributed by atoms with Crippen molar-refractivity contribution in [2.45, 2.75) is 38.8 Å². The van der Waals surface area contributed by atoms with Gasteiger partial charge in [0.15, 0.2) is 28.8 Å². The van der Waals surface area contributed by atoms with E-state index in [2.05, 4.69) is 0 Å². The van der Waals surface area contributed by atoms with Crippen molar-refractivity contribution in [3.63, 3.8) is 0 Å². The van der Waals surface area contributed by atoms with E-state index in [9.17, 15) is 14.4 Å². The highest BCUT2D eigenvalue weighted by molar-refractivity contribution is 6.32. The normalized spacial score (nSPS) is 22.5. The molecule has 1 aliphatic carbocycles. The van der Waals surface area contributed by atoms with Crippen molar-refractivity contribution in [3.8, 4) is 11.5 Å². The number of benzene rings is 3. The smallest absolute Gasteiger partial charge is 0.180 e. The van der Waals surface area contributed by atoms with E-state index in [1.54, 1.807) is 44.6 Å². The van der Waals surface area contributed by atoms with Crippen LogP contribution in [0.1, 0.15) is 58.5 Å². The molecule has 0 radical (unpaired) electrons. The monoisotopic (exact) mass is 521 g/mol. The predicted octanol–water partition coefficient (Wildman–Crippen LogP) is 5.75. The molecular weight excluding hydrogens is 490 g/mol. The van der Waals surface area contributed by atoms with E-state index < -0.39 is 28.8 Å². The molecule has 39 heavy (non-hydrogen) atoms. The summed E-state index contributed by atoms with van der Waals surface area (Å²) in [6.07, 6.45) is 3.91. The predicted molar refractivity (Wildman–Crippen MR) is 150 cm³/mol. The number of anilines is 1. The summed E-state index contributed by atoms with van der Waals surface area (Å²) in [5.41, 5.74) is 1.02. The Kier molecular flexibility index (Phi) is 5.58. The third-order valence-electron chi connectivity index (χ3n) is 8.49. The average molecular weight is 522 g/mol. The Morgan fingerprint density at radius 2 is 1.46 bits per heavy atom. The third kappa shape index (κ3) is 3.30. The largest absolute Gasteiger partial charge is 0.493 e. The van der Waals surface area contributed by atoms with Crippen LogP contribution in [0.4, 0.5) is 5.69 Å². The Hall–Kier alpha value is -4.19. The number of methoxy groups -OCH3 is 2. The summed E-state index contributed by atoms with van der Waals surface area (Å²) in [6, 6.07) is 18.9. The fourth-order valence-electron chi connectivity index (χ4n) is 6.78. The number of rotatable bonds is 4. The summed E-state index contributed by atoms with van der Waals surface area (Å²) < 4.78 is 11.1. The maximum absolute atomic E-state index is 14.6. The first-order valence-electron chi connectivity index (χ1n) is 13.2. The van der Waals surface area contributed by atoms with Gasteiger partial charge in [-0.05, 0) is 29.3 Å². The van der Waals surface area contributed by atoms with Crippen LogP contribution in [0.25, 0.3) is 6.08 Å². The quantitative estimate of drug-likeness (QED) is 0.407. The number of Topliss-reactive ketones (excluding diaryl/α,β-unsaturated/α-hetero) is 3. The van der Waals surface area contributed by atoms with E-state index in [0.717, 1.165) is 11.3 Å². The van der Waals surface area contributed by atoms with Crippen molar-refractivity contribution in [1.82, 2.24) is 0 Å². The van der Waals surface area contributed by atoms with Gasteiger partial charge in [-0.1, -0.05) is 81.5 Å². The van der Waals surface area contributed by atoms with Crippen LogP contribution in [0.15, 0.2) is 72.8 Å². The molecule has 6 nitrogen and oxygen atoms in total. The second kappa shape index (κ2) is 8.67. The first-order valence-corrected chi connectivity index (χ1v) is 13.2. The van der Waals surface area contributed by atoms with Crippen LogP contribution in [-0.2, 0) is 4.79 Å². The summed E-state index contributed by atoms with van der Waals surface area (Å²) in [4.78, 5) is 45.8. The number of hydrogen-bond donors (Lipinski definition) is 0. The Bertz CT molecular complexity index is 1530. The van der Waals surface area contributed by atoms with Crippen LogP contribution >= 0.6 is 0 Å². The third-order valence-corrected chi connectivity index (χ3v) is 8.49. The molecule has 3 aromatic rings. The molecule has 2 aliphatic heterocycles. The van der Waals surface area contributed by atoms with Gasteiger partial charge in [-0.3, -0.25) is 14.4 Å². The van der Waals surface area contributed by atoms with Crippen LogP contribution in [0.5, 0.6) is 11.5 Å². The van der Waals surface area contributed by atoms with Gasteiger partial charge in [0, 0.05) is 28.1 Å². The van der Waals surface area contributed by atoms with E-state index in [1.807, 2.05) is 74.2 Å². The minimum atomic E-state index is -1.53. The topological polar surface area (TPSA) is 72.9 Å². The zero-order chi connectivity index (χ0) is 27.7. The summed E-state index contributed by atoms with van der Waals surface area (Å²) in [5.74, 6) is -0.286. The number of carbonyl (C=O) groups is 3. The van der Waals surface area contributed by atoms with Crippen LogP contribution in [0, 0.1) is 10.8 Å². The molecule has 2 heterocycles. The highest BCUT2D eigenvalue weighted by Gasteiger charge is 2.72. The van der Waals surface area contributed by atoms with E-state index >= 15 is 0 Å². The fraction of sp³-hybridized carbons (Fsp3) is 0.303. The SMILES string of the molecule is COc1ccc([C@H]2[C@H](C(=O)C(C)(C)C)N3c4ccccc4C=C[C@H]3C23C(=O)c2ccccc2C3=O)cc1OC. The molecule has 6 rings (SSSR count). The van der Waals surface area contributed by atoms with E-state index in [-0.39, 0.29) is 17.3 Å². The van der Waals surface area contributed by atoms with Crippen LogP contribution in [0.3, 0.4) is 0 Å². The van der Waals surface area contributed by atoms with Gasteiger partial charge < -0.3 is 14.4 Å². The van der Waals surface area contributed by atoms with Gasteiger partial charge in [-0.2, -0.15) is 0 Å². The zero-order valence-electron chi connectivity index (χ0n) is 22.7. The van der Waals surface area contributed by atoms with Gasteiger partial charge in [0.2, 0.25) is 0 Å². The van der Waals surface area contributed by atoms with Crippen molar-refractivity contribution >= 4 is 29.1 Å². The Labute approximate surface area is 228 Å². The lowest BCUT2D eigenvalue weighted by Gasteiger charge is -2.38. The highest BCUT2D eigenvalue weighted by atomic mass is 16.5. The number of para-hydroxylation sites is 1. The van der Waals surface area contributed by atoms with Gasteiger partial charge in [-0.25, -0.2) is 0 Å². The molecule has 0 unspecified atom stereocenters. The van der Waals surface area contributed by atoms with Gasteiger partial charge in [0.25, 0.3) is 0 Å². The molecular formula is C33H31NO5. The number of ether oxygens (including phenoxy) is 2. The van der Waals surface area contributed by atoms with Gasteiger partial charge >= 0.3 is 0 Å². The number of fused-ring (bicyclic) bond motifs is 5. The maximum atomic E-state index is 14.6. The number of ketones is 3. The van der Waals surface area contributed by atoms with Crippen molar-refractivity contribution in [1.29, 1.82) is 0 Å². The van der Waals surface area contributed by atoms with Crippen LogP contribution < -0.4 is 14.4 Å². The molecule has 1 fully saturated rings. The second-order valence-electron chi connectivity index (χ2n) is 11.5. The van der Waals surface area contributed by atoms with Crippen molar-refractivity contribution in [2.24, 2.45) is 10.8 Å². The Balaban J connectivity index is 1.70. The average Bonchev–Trinajstić information content (AvgIpc) is 3.38. The van der Waals surface area contributed by atoms with E-state index in [1.165, 1.54) is 0 Å². The molecule has 6 heteroatoms. The second-order valence-corrected chi connectivity index (χ2v) is 11.5. The Morgan fingerprint density at radius 3 is 2.08 bits per heavy atom. The molecule has 198 valence electrons. The molecule has 0 amide bonds. The Morgan fingerprint density at radius 1 is 0.846 bits per heavy atom. The molecule has 3 aliphatic rings. The molecule has 0 aromatic heterocycles. The summed E-state index contributed by atoms with van der Waals surface area (Å²) >= 11 is 0. The highest BCUT2D eigenvalue weighted by Crippen LogP contribution is 2.61. The molecule has 3 aromatic carbocycles. The minimum absolute atomic E-state index is 0.0363. The molecule has 0 bridgehead atoms. The summed E-state index contributed by atoms with van der Waals surface area (Å²) in [6.45, 7) is 5.67. The minimum Gasteiger partial charge on any atom is -0.493 e. The zero-order valence-corrected chi connectivity index (χ0v) is 22.7. The van der Waals surface area contributed by atoms with E-state index in [4.69, 9.17) is 9.47 Å². The van der Waals surface area contributed by atoms with Gasteiger partial charge in [0.05, 0.1) is 26.3 Å². The fourth-order valence-corrected chi connectivity index (χ4v) is 6.78. The molecule has 3 atom stereocenters. The lowest BCUT2D eigenvalue weighted by atomic mass is 9.63. The van der Waals surface area contributed by atoms with Crippen LogP contribution in [-0.4, -0.2) is 43.7 Å². The standard InChI is InChI=1S/C33H31NO5/c1-32(2,3)31(37)28-27(20-14-16-24(38-4)25(18-20)39-5)33(29(35)21-11-7-8-12-22(21)30(33)36)26-17-15-19-10-6-9-13-23(19)34(26)28/h6-18,26-28H,1-5H3/t26-,27-,28+/m0/s1. The lowest BCUT2D eigenvalue weighted by Crippen LogP contribution is -2.49. The van der Waals surface area contributed by atoms with Crippen molar-refractivity contribution in [3.05, 3.63) is 95.1 Å². The van der Waals surface area contributed by atoms with Crippen molar-refractivity contribution in [2.75, 3.05) is 19.1 Å². The summed E-state index contributed by atoms with van der Waals surface area (Å²) in [5, 5.41) is 0. The summed E-state index contributed by atoms with van der Waals surface area (Å²) in [7, 11) is 3.11. The number of nitrogens with zero attached hydrogens (tertiary/aromatic N) is 1. The van der Waals surface area contributed by atoms with Gasteiger partial charge in [-0.15, -0.1) is 0 Å². The maximum Gasteiger partial charge on any atom is 0.180 e. The molecule has 0 N–H and O–H groups in total. The first-order chi connectivity index (χ1) is 18.7.